The number of fused-ring (bicyclic) bond motifs is 1. The van der Waals surface area contributed by atoms with Crippen molar-refractivity contribution in [1.29, 1.82) is 0 Å². The van der Waals surface area contributed by atoms with Crippen molar-refractivity contribution in [3.8, 4) is 11.1 Å². The fourth-order valence-corrected chi connectivity index (χ4v) is 3.66. The summed E-state index contributed by atoms with van der Waals surface area (Å²) >= 11 is -0.826. The van der Waals surface area contributed by atoms with Crippen LogP contribution in [0.15, 0.2) is 48.5 Å². The molecule has 0 aliphatic rings. The molecule has 0 bridgehead atoms. The Labute approximate surface area is 176 Å². The van der Waals surface area contributed by atoms with E-state index >= 15 is 0 Å². The third-order valence-electron chi connectivity index (χ3n) is 4.81. The summed E-state index contributed by atoms with van der Waals surface area (Å²) in [6, 6.07) is 18.3. The van der Waals surface area contributed by atoms with Crippen LogP contribution in [0.1, 0.15) is 56.7 Å². The first-order chi connectivity index (χ1) is 12.6. The van der Waals surface area contributed by atoms with Gasteiger partial charge in [0.1, 0.15) is 0 Å². The second-order valence-electron chi connectivity index (χ2n) is 6.88. The van der Waals surface area contributed by atoms with Gasteiger partial charge in [-0.25, -0.2) is 0 Å². The van der Waals surface area contributed by atoms with Crippen molar-refractivity contribution in [2.75, 3.05) is 0 Å². The van der Waals surface area contributed by atoms with Gasteiger partial charge < -0.3 is 0 Å². The Morgan fingerprint density at radius 1 is 1.04 bits per heavy atom. The van der Waals surface area contributed by atoms with Gasteiger partial charge in [0, 0.05) is 0 Å². The van der Waals surface area contributed by atoms with Crippen LogP contribution in [0.3, 0.4) is 0 Å². The van der Waals surface area contributed by atoms with Crippen LogP contribution in [0.4, 0.5) is 0 Å². The van der Waals surface area contributed by atoms with E-state index in [0.717, 1.165) is 6.42 Å². The molecular weight excluding hydrogens is 438 g/mol. The predicted molar refractivity (Wildman–Crippen MR) is 114 cm³/mol. The topological polar surface area (TPSA) is 0 Å². The number of hydrogen-bond donors (Lipinski definition) is 0. The van der Waals surface area contributed by atoms with Crippen LogP contribution in [0, 0.1) is 0 Å². The first-order valence-electron chi connectivity index (χ1n) is 9.34. The van der Waals surface area contributed by atoms with Crippen molar-refractivity contribution in [3.63, 3.8) is 0 Å². The summed E-state index contributed by atoms with van der Waals surface area (Å²) in [5.41, 5.74) is 7.25. The second-order valence-corrected chi connectivity index (χ2v) is 10.6. The van der Waals surface area contributed by atoms with Crippen molar-refractivity contribution in [1.82, 2.24) is 0 Å². The molecule has 0 radical (unpaired) electrons. The van der Waals surface area contributed by atoms with Gasteiger partial charge in [0.15, 0.2) is 0 Å². The van der Waals surface area contributed by atoms with E-state index in [1.54, 1.807) is 0 Å². The molecule has 3 rings (SSSR count). The monoisotopic (exact) mass is 463 g/mol. The van der Waals surface area contributed by atoms with E-state index < -0.39 is 20.8 Å². The third-order valence-corrected chi connectivity index (χ3v) is 4.81. The molecule has 0 aliphatic carbocycles. The van der Waals surface area contributed by atoms with Crippen molar-refractivity contribution >= 4 is 27.8 Å². The fourth-order valence-electron chi connectivity index (χ4n) is 3.66. The Balaban J connectivity index is 0.000000758. The van der Waals surface area contributed by atoms with Gasteiger partial charge in [0.05, 0.1) is 0 Å². The molecule has 0 unspecified atom stereocenters. The van der Waals surface area contributed by atoms with Gasteiger partial charge in [-0.2, -0.15) is 6.07 Å². The Morgan fingerprint density at radius 2 is 1.73 bits per heavy atom. The van der Waals surface area contributed by atoms with Gasteiger partial charge >= 0.3 is 37.9 Å². The zero-order valence-corrected chi connectivity index (χ0v) is 20.0. The number of benzene rings is 2. The minimum atomic E-state index is -0.826. The maximum atomic E-state index is 4.93. The quantitative estimate of drug-likeness (QED) is 0.333. The summed E-state index contributed by atoms with van der Waals surface area (Å²) in [6.07, 6.45) is 3.45. The molecule has 0 amide bonds. The Morgan fingerprint density at radius 3 is 2.35 bits per heavy atom. The zero-order chi connectivity index (χ0) is 19.1. The molecule has 3 heteroatoms. The molecule has 0 spiro atoms. The van der Waals surface area contributed by atoms with E-state index in [-0.39, 0.29) is 0 Å². The SMILES string of the molecule is CCCc1cc2c(-c3ccccc3C(C)C)c(CC)ccc2[cH-]1.[Cl][Zr][Cl]. The summed E-state index contributed by atoms with van der Waals surface area (Å²) in [7, 11) is 9.87. The molecule has 26 heavy (non-hydrogen) atoms. The van der Waals surface area contributed by atoms with Crippen LogP contribution >= 0.6 is 17.0 Å². The van der Waals surface area contributed by atoms with Crippen molar-refractivity contribution < 1.29 is 20.8 Å². The maximum absolute atomic E-state index is 4.93. The number of hydrogen-bond acceptors (Lipinski definition) is 0. The summed E-state index contributed by atoms with van der Waals surface area (Å²) < 4.78 is 0. The first kappa shape index (κ1) is 21.8. The second kappa shape index (κ2) is 10.7. The number of aryl methyl sites for hydroxylation is 2. The molecule has 0 fully saturated rings. The molecule has 0 aliphatic heterocycles. The van der Waals surface area contributed by atoms with Gasteiger partial charge in [-0.1, -0.05) is 69.5 Å². The third kappa shape index (κ3) is 5.06. The van der Waals surface area contributed by atoms with Crippen molar-refractivity contribution in [3.05, 3.63) is 65.2 Å². The van der Waals surface area contributed by atoms with Gasteiger partial charge in [-0.3, -0.25) is 0 Å². The molecule has 0 saturated carbocycles. The Bertz CT molecular complexity index is 833. The van der Waals surface area contributed by atoms with Crippen LogP contribution in [0.2, 0.25) is 0 Å². The summed E-state index contributed by atoms with van der Waals surface area (Å²) in [5.74, 6) is 0.538. The van der Waals surface area contributed by atoms with Crippen LogP contribution in [0.25, 0.3) is 21.9 Å². The van der Waals surface area contributed by atoms with Gasteiger partial charge in [0.2, 0.25) is 0 Å². The van der Waals surface area contributed by atoms with Gasteiger partial charge in [-0.05, 0) is 29.9 Å². The summed E-state index contributed by atoms with van der Waals surface area (Å²) in [5, 5.41) is 2.82. The van der Waals surface area contributed by atoms with Gasteiger partial charge in [0.25, 0.3) is 0 Å². The fraction of sp³-hybridized carbons (Fsp3) is 0.348. The molecule has 0 heterocycles. The molecule has 138 valence electrons. The van der Waals surface area contributed by atoms with E-state index in [1.807, 2.05) is 0 Å². The van der Waals surface area contributed by atoms with E-state index in [4.69, 9.17) is 17.0 Å². The van der Waals surface area contributed by atoms with Crippen LogP contribution in [-0.4, -0.2) is 0 Å². The van der Waals surface area contributed by atoms with Crippen LogP contribution in [0.5, 0.6) is 0 Å². The summed E-state index contributed by atoms with van der Waals surface area (Å²) in [6.45, 7) is 9.10. The minimum absolute atomic E-state index is 0.538. The normalized spacial score (nSPS) is 10.7. The number of halogens is 2. The molecule has 0 nitrogen and oxygen atoms in total. The molecule has 0 aromatic heterocycles. The van der Waals surface area contributed by atoms with Crippen molar-refractivity contribution in [2.45, 2.75) is 52.9 Å². The zero-order valence-electron chi connectivity index (χ0n) is 16.1. The molecule has 0 N–H and O–H groups in total. The van der Waals surface area contributed by atoms with E-state index in [0.29, 0.717) is 5.92 Å². The first-order valence-corrected chi connectivity index (χ1v) is 15.7. The molecule has 0 atom stereocenters. The molecule has 0 saturated heterocycles. The average Bonchev–Trinajstić information content (AvgIpc) is 3.04. The molecular formula is C23H27Cl2Zr-. The predicted octanol–water partition coefficient (Wildman–Crippen LogP) is 8.24. The van der Waals surface area contributed by atoms with E-state index in [1.165, 1.54) is 51.4 Å². The van der Waals surface area contributed by atoms with Crippen LogP contribution < -0.4 is 0 Å². The number of rotatable bonds is 5. The van der Waals surface area contributed by atoms with Crippen molar-refractivity contribution in [2.24, 2.45) is 0 Å². The standard InChI is InChI=1S/C23H27.2ClH.Zr/c1-5-9-17-14-19-13-12-18(6-2)23(22(19)15-17)21-11-8-7-10-20(21)16(3)4;;;/h7-8,10-16H,5-6,9H2,1-4H3;2*1H;/q-1;;;+2/p-2. The van der Waals surface area contributed by atoms with E-state index in [2.05, 4.69) is 76.2 Å². The van der Waals surface area contributed by atoms with Crippen LogP contribution in [-0.2, 0) is 33.7 Å². The Hall–Kier alpha value is -0.487. The summed E-state index contributed by atoms with van der Waals surface area (Å²) in [4.78, 5) is 0. The molecule has 3 aromatic rings. The average molecular weight is 466 g/mol. The van der Waals surface area contributed by atoms with E-state index in [9.17, 15) is 0 Å². The Kier molecular flexibility index (Phi) is 9.01. The molecule has 3 aromatic carbocycles. The van der Waals surface area contributed by atoms with Gasteiger partial charge in [-0.15, -0.1) is 34.5 Å².